The fourth-order valence-electron chi connectivity index (χ4n) is 3.87. The van der Waals surface area contributed by atoms with Crippen LogP contribution in [-0.4, -0.2) is 34.0 Å². The molecule has 1 atom stereocenters. The predicted octanol–water partition coefficient (Wildman–Crippen LogP) is 5.37. The fourth-order valence-corrected chi connectivity index (χ4v) is 3.87. The Morgan fingerprint density at radius 1 is 0.970 bits per heavy atom. The molecule has 1 aliphatic rings. The van der Waals surface area contributed by atoms with E-state index in [2.05, 4.69) is 5.10 Å². The smallest absolute Gasteiger partial charge is 0.399 e. The van der Waals surface area contributed by atoms with Crippen LogP contribution in [0.25, 0.3) is 11.1 Å². The number of benzene rings is 2. The molecule has 2 aromatic carbocycles. The Morgan fingerprint density at radius 2 is 1.58 bits per heavy atom. The van der Waals surface area contributed by atoms with Crippen molar-refractivity contribution >= 4 is 12.6 Å². The lowest BCUT2D eigenvalue weighted by molar-refractivity contribution is -0.0217. The van der Waals surface area contributed by atoms with Gasteiger partial charge in [0.15, 0.2) is 0 Å². The normalized spacial score (nSPS) is 18.5. The van der Waals surface area contributed by atoms with Gasteiger partial charge in [-0.05, 0) is 45.4 Å². The Bertz CT molecular complexity index is 1140. The third kappa shape index (κ3) is 4.31. The molecule has 1 aliphatic heterocycles. The van der Waals surface area contributed by atoms with Crippen LogP contribution in [-0.2, 0) is 9.31 Å². The molecule has 0 saturated carbocycles. The largest absolute Gasteiger partial charge is 0.497 e. The van der Waals surface area contributed by atoms with Crippen molar-refractivity contribution in [3.8, 4) is 11.1 Å². The molecule has 0 N–H and O–H groups in total. The van der Waals surface area contributed by atoms with Crippen LogP contribution < -0.4 is 5.46 Å². The summed E-state index contributed by atoms with van der Waals surface area (Å²) in [5.74, 6) is -4.30. The number of hydrogen-bond donors (Lipinski definition) is 0. The third-order valence-electron chi connectivity index (χ3n) is 6.38. The summed E-state index contributed by atoms with van der Waals surface area (Å²) in [5.41, 5.74) is -0.368. The molecule has 1 aromatic heterocycles. The highest BCUT2D eigenvalue weighted by molar-refractivity contribution is 6.62. The van der Waals surface area contributed by atoms with Crippen LogP contribution in [0.5, 0.6) is 0 Å². The van der Waals surface area contributed by atoms with E-state index in [4.69, 9.17) is 9.31 Å². The predicted molar refractivity (Wildman–Crippen MR) is 118 cm³/mol. The molecule has 1 saturated heterocycles. The average Bonchev–Trinajstić information content (AvgIpc) is 3.24. The number of halogens is 4. The fraction of sp³-hybridized carbons (Fsp3) is 0.375. The van der Waals surface area contributed by atoms with Crippen molar-refractivity contribution in [1.29, 1.82) is 0 Å². The lowest BCUT2D eigenvalue weighted by Crippen LogP contribution is -2.41. The van der Waals surface area contributed by atoms with Crippen LogP contribution in [0.4, 0.5) is 17.6 Å². The van der Waals surface area contributed by atoms with Crippen molar-refractivity contribution in [1.82, 2.24) is 9.78 Å². The van der Waals surface area contributed by atoms with Gasteiger partial charge < -0.3 is 9.31 Å². The van der Waals surface area contributed by atoms with E-state index in [1.807, 2.05) is 27.7 Å². The lowest BCUT2D eigenvalue weighted by atomic mass is 9.77. The molecule has 0 bridgehead atoms. The van der Waals surface area contributed by atoms with Gasteiger partial charge in [-0.25, -0.2) is 17.6 Å². The van der Waals surface area contributed by atoms with E-state index < -0.39 is 41.9 Å². The molecular weight excluding hydrogens is 435 g/mol. The van der Waals surface area contributed by atoms with E-state index in [1.54, 1.807) is 18.2 Å². The summed E-state index contributed by atoms with van der Waals surface area (Å²) in [5, 5.41) is 4.09. The molecule has 0 aliphatic carbocycles. The quantitative estimate of drug-likeness (QED) is 0.380. The topological polar surface area (TPSA) is 36.3 Å². The van der Waals surface area contributed by atoms with E-state index in [-0.39, 0.29) is 16.6 Å². The molecule has 4 nitrogen and oxygen atoms in total. The molecule has 9 heteroatoms. The van der Waals surface area contributed by atoms with Gasteiger partial charge in [0.05, 0.1) is 17.4 Å². The van der Waals surface area contributed by atoms with Gasteiger partial charge in [0, 0.05) is 29.7 Å². The van der Waals surface area contributed by atoms with Crippen molar-refractivity contribution < 1.29 is 26.9 Å². The molecule has 174 valence electrons. The maximum Gasteiger partial charge on any atom is 0.497 e. The second-order valence-corrected chi connectivity index (χ2v) is 9.42. The third-order valence-corrected chi connectivity index (χ3v) is 6.38. The summed E-state index contributed by atoms with van der Waals surface area (Å²) in [6.07, 6.45) is 2.69. The van der Waals surface area contributed by atoms with Gasteiger partial charge >= 0.3 is 7.12 Å². The van der Waals surface area contributed by atoms with Crippen molar-refractivity contribution in [2.75, 3.05) is 0 Å². The minimum Gasteiger partial charge on any atom is -0.399 e. The standard InChI is InChI=1S/C24H25BF4N2O2/c1-22(2)23(3,4)33-25(32-22)19-8-6-7-18(20(19)27)16-13-30-31(14-16)21(24(5,28)29)15-9-11-17(26)12-10-15/h6-14,21H,1-5H3. The van der Waals surface area contributed by atoms with Crippen LogP contribution >= 0.6 is 0 Å². The van der Waals surface area contributed by atoms with E-state index in [0.717, 1.165) is 23.7 Å². The summed E-state index contributed by atoms with van der Waals surface area (Å²) in [6, 6.07) is 8.10. The monoisotopic (exact) mass is 460 g/mol. The molecule has 0 spiro atoms. The second-order valence-electron chi connectivity index (χ2n) is 9.42. The summed E-state index contributed by atoms with van der Waals surface area (Å²) >= 11 is 0. The molecule has 3 aromatic rings. The number of hydrogen-bond acceptors (Lipinski definition) is 3. The molecule has 1 unspecified atom stereocenters. The van der Waals surface area contributed by atoms with Crippen LogP contribution in [0.3, 0.4) is 0 Å². The Kier molecular flexibility index (Phi) is 5.69. The first-order valence-electron chi connectivity index (χ1n) is 10.6. The number of nitrogens with zero attached hydrogens (tertiary/aromatic N) is 2. The maximum atomic E-state index is 15.5. The van der Waals surface area contributed by atoms with E-state index in [0.29, 0.717) is 5.56 Å². The highest BCUT2D eigenvalue weighted by Crippen LogP contribution is 2.38. The molecule has 33 heavy (non-hydrogen) atoms. The number of rotatable bonds is 5. The van der Waals surface area contributed by atoms with Gasteiger partial charge in [-0.1, -0.05) is 30.3 Å². The van der Waals surface area contributed by atoms with Crippen molar-refractivity contribution in [3.05, 3.63) is 72.1 Å². The first-order valence-corrected chi connectivity index (χ1v) is 10.6. The molecule has 0 radical (unpaired) electrons. The SMILES string of the molecule is CC(F)(F)C(c1ccc(F)cc1)n1cc(-c2cccc(B3OC(C)(C)C(C)(C)O3)c2F)cn1. The lowest BCUT2D eigenvalue weighted by Gasteiger charge is -2.32. The molecule has 4 rings (SSSR count). The molecule has 0 amide bonds. The van der Waals surface area contributed by atoms with Gasteiger partial charge in [0.25, 0.3) is 5.92 Å². The summed E-state index contributed by atoms with van der Waals surface area (Å²) in [7, 11) is -0.906. The van der Waals surface area contributed by atoms with Gasteiger partial charge in [0.1, 0.15) is 17.7 Å². The first kappa shape index (κ1) is 23.5. The summed E-state index contributed by atoms with van der Waals surface area (Å²) < 4.78 is 70.9. The summed E-state index contributed by atoms with van der Waals surface area (Å²) in [4.78, 5) is 0. The highest BCUT2D eigenvalue weighted by atomic mass is 19.3. The first-order chi connectivity index (χ1) is 15.3. The zero-order valence-electron chi connectivity index (χ0n) is 19.1. The molecular formula is C24H25BF4N2O2. The van der Waals surface area contributed by atoms with Gasteiger partial charge in [0.2, 0.25) is 0 Å². The van der Waals surface area contributed by atoms with E-state index in [9.17, 15) is 13.2 Å². The number of aromatic nitrogens is 2. The van der Waals surface area contributed by atoms with Crippen molar-refractivity contribution in [2.24, 2.45) is 0 Å². The Hall–Kier alpha value is -2.65. The Morgan fingerprint density at radius 3 is 2.15 bits per heavy atom. The minimum atomic E-state index is -3.20. The van der Waals surface area contributed by atoms with E-state index >= 15 is 4.39 Å². The van der Waals surface area contributed by atoms with Gasteiger partial charge in [-0.2, -0.15) is 5.10 Å². The van der Waals surface area contributed by atoms with Gasteiger partial charge in [-0.3, -0.25) is 4.68 Å². The number of alkyl halides is 2. The Labute approximate surface area is 190 Å². The zero-order valence-corrected chi connectivity index (χ0v) is 19.1. The Balaban J connectivity index is 1.70. The van der Waals surface area contributed by atoms with E-state index in [1.165, 1.54) is 24.5 Å². The van der Waals surface area contributed by atoms with Crippen LogP contribution in [0.15, 0.2) is 54.9 Å². The maximum absolute atomic E-state index is 15.5. The molecule has 2 heterocycles. The molecule has 1 fully saturated rings. The van der Waals surface area contributed by atoms with Crippen LogP contribution in [0, 0.1) is 11.6 Å². The van der Waals surface area contributed by atoms with Crippen LogP contribution in [0.1, 0.15) is 46.2 Å². The summed E-state index contributed by atoms with van der Waals surface area (Å²) in [6.45, 7) is 8.26. The minimum absolute atomic E-state index is 0.185. The average molecular weight is 460 g/mol. The van der Waals surface area contributed by atoms with Crippen molar-refractivity contribution in [3.63, 3.8) is 0 Å². The zero-order chi connectivity index (χ0) is 24.2. The highest BCUT2D eigenvalue weighted by Gasteiger charge is 2.52. The second kappa shape index (κ2) is 7.99. The van der Waals surface area contributed by atoms with Crippen molar-refractivity contribution in [2.45, 2.75) is 57.8 Å². The van der Waals surface area contributed by atoms with Crippen LogP contribution in [0.2, 0.25) is 0 Å². The van der Waals surface area contributed by atoms with Gasteiger partial charge in [-0.15, -0.1) is 0 Å².